The monoisotopic (exact) mass is 293 g/mol. The van der Waals surface area contributed by atoms with Crippen molar-refractivity contribution in [1.82, 2.24) is 10.3 Å². The number of anilines is 1. The fraction of sp³-hybridized carbons (Fsp3) is 0.706. The van der Waals surface area contributed by atoms with Gasteiger partial charge in [0.15, 0.2) is 0 Å². The number of rotatable bonds is 9. The van der Waals surface area contributed by atoms with Gasteiger partial charge in [0.2, 0.25) is 0 Å². The van der Waals surface area contributed by atoms with Crippen LogP contribution in [0.4, 0.5) is 5.82 Å². The molecule has 4 nitrogen and oxygen atoms in total. The van der Waals surface area contributed by atoms with Gasteiger partial charge in [-0.05, 0) is 50.9 Å². The predicted octanol–water partition coefficient (Wildman–Crippen LogP) is 3.00. The van der Waals surface area contributed by atoms with E-state index < -0.39 is 0 Å². The standard InChI is InChI=1S/C17H31N3O/c1-13(2)11-18-12-16-9-15(5)19-17(10-16)20(14(3)4)7-8-21-6/h9-10,13-14,18H,7-8,11-12H2,1-6H3. The van der Waals surface area contributed by atoms with E-state index in [1.165, 1.54) is 5.56 Å². The van der Waals surface area contributed by atoms with Gasteiger partial charge in [-0.3, -0.25) is 0 Å². The quantitative estimate of drug-likeness (QED) is 0.759. The SMILES string of the molecule is COCCN(c1cc(CNCC(C)C)cc(C)n1)C(C)C. The Morgan fingerprint density at radius 1 is 1.24 bits per heavy atom. The van der Waals surface area contributed by atoms with Gasteiger partial charge in [0.25, 0.3) is 0 Å². The van der Waals surface area contributed by atoms with E-state index in [4.69, 9.17) is 9.72 Å². The Kier molecular flexibility index (Phi) is 7.68. The summed E-state index contributed by atoms with van der Waals surface area (Å²) in [5.41, 5.74) is 2.36. The van der Waals surface area contributed by atoms with Crippen molar-refractivity contribution in [3.63, 3.8) is 0 Å². The molecule has 0 aliphatic carbocycles. The number of nitrogens with zero attached hydrogens (tertiary/aromatic N) is 2. The molecule has 1 aromatic heterocycles. The highest BCUT2D eigenvalue weighted by Gasteiger charge is 2.13. The number of pyridine rings is 1. The van der Waals surface area contributed by atoms with Gasteiger partial charge in [-0.25, -0.2) is 4.98 Å². The number of aromatic nitrogens is 1. The van der Waals surface area contributed by atoms with Crippen LogP contribution in [0.2, 0.25) is 0 Å². The fourth-order valence-electron chi connectivity index (χ4n) is 2.30. The number of aryl methyl sites for hydroxylation is 1. The summed E-state index contributed by atoms with van der Waals surface area (Å²) in [6.45, 7) is 14.4. The lowest BCUT2D eigenvalue weighted by Crippen LogP contribution is -2.34. The van der Waals surface area contributed by atoms with E-state index in [0.717, 1.165) is 31.1 Å². The van der Waals surface area contributed by atoms with Crippen molar-refractivity contribution in [2.45, 2.75) is 47.2 Å². The third-order valence-corrected chi connectivity index (χ3v) is 3.34. The Balaban J connectivity index is 2.82. The van der Waals surface area contributed by atoms with Crippen molar-refractivity contribution in [1.29, 1.82) is 0 Å². The number of nitrogens with one attached hydrogen (secondary N) is 1. The highest BCUT2D eigenvalue weighted by Crippen LogP contribution is 2.17. The lowest BCUT2D eigenvalue weighted by atomic mass is 10.2. The average molecular weight is 293 g/mol. The first-order valence-corrected chi connectivity index (χ1v) is 7.88. The molecule has 0 atom stereocenters. The highest BCUT2D eigenvalue weighted by molar-refractivity contribution is 5.43. The van der Waals surface area contributed by atoms with E-state index in [-0.39, 0.29) is 0 Å². The van der Waals surface area contributed by atoms with Gasteiger partial charge in [0, 0.05) is 31.9 Å². The number of methoxy groups -OCH3 is 1. The maximum absolute atomic E-state index is 5.21. The third kappa shape index (κ3) is 6.44. The Labute approximate surface area is 129 Å². The zero-order valence-electron chi connectivity index (χ0n) is 14.4. The number of ether oxygens (including phenoxy) is 1. The zero-order valence-corrected chi connectivity index (χ0v) is 14.4. The van der Waals surface area contributed by atoms with Crippen molar-refractivity contribution in [2.24, 2.45) is 5.92 Å². The molecule has 0 saturated heterocycles. The van der Waals surface area contributed by atoms with Crippen LogP contribution in [-0.2, 0) is 11.3 Å². The lowest BCUT2D eigenvalue weighted by Gasteiger charge is -2.28. The molecule has 1 N–H and O–H groups in total. The number of hydrogen-bond acceptors (Lipinski definition) is 4. The van der Waals surface area contributed by atoms with Gasteiger partial charge in [-0.2, -0.15) is 0 Å². The second-order valence-electron chi connectivity index (χ2n) is 6.28. The van der Waals surface area contributed by atoms with Crippen molar-refractivity contribution >= 4 is 5.82 Å². The van der Waals surface area contributed by atoms with Gasteiger partial charge < -0.3 is 15.0 Å². The molecule has 0 aliphatic rings. The highest BCUT2D eigenvalue weighted by atomic mass is 16.5. The Morgan fingerprint density at radius 3 is 2.52 bits per heavy atom. The van der Waals surface area contributed by atoms with E-state index in [1.807, 2.05) is 0 Å². The van der Waals surface area contributed by atoms with Crippen LogP contribution in [0.25, 0.3) is 0 Å². The molecule has 0 unspecified atom stereocenters. The molecule has 1 aromatic rings. The maximum atomic E-state index is 5.21. The summed E-state index contributed by atoms with van der Waals surface area (Å²) >= 11 is 0. The summed E-state index contributed by atoms with van der Waals surface area (Å²) in [5, 5.41) is 3.50. The topological polar surface area (TPSA) is 37.4 Å². The molecule has 0 radical (unpaired) electrons. The molecular formula is C17H31N3O. The summed E-state index contributed by atoms with van der Waals surface area (Å²) in [4.78, 5) is 6.99. The van der Waals surface area contributed by atoms with Gasteiger partial charge in [0.05, 0.1) is 6.61 Å². The molecule has 1 heterocycles. The minimum absolute atomic E-state index is 0.408. The van der Waals surface area contributed by atoms with Crippen molar-refractivity contribution < 1.29 is 4.74 Å². The molecule has 0 aliphatic heterocycles. The minimum Gasteiger partial charge on any atom is -0.383 e. The van der Waals surface area contributed by atoms with Crippen LogP contribution in [0, 0.1) is 12.8 Å². The molecular weight excluding hydrogens is 262 g/mol. The third-order valence-electron chi connectivity index (χ3n) is 3.34. The normalized spacial score (nSPS) is 11.4. The molecule has 120 valence electrons. The van der Waals surface area contributed by atoms with Crippen molar-refractivity contribution in [3.05, 3.63) is 23.4 Å². The molecule has 4 heteroatoms. The largest absolute Gasteiger partial charge is 0.383 e. The average Bonchev–Trinajstić information content (AvgIpc) is 2.37. The molecule has 0 fully saturated rings. The van der Waals surface area contributed by atoms with E-state index in [2.05, 4.69) is 57.0 Å². The van der Waals surface area contributed by atoms with Crippen molar-refractivity contribution in [2.75, 3.05) is 31.7 Å². The Morgan fingerprint density at radius 2 is 1.95 bits per heavy atom. The predicted molar refractivity (Wildman–Crippen MR) is 89.9 cm³/mol. The van der Waals surface area contributed by atoms with Crippen LogP contribution in [-0.4, -0.2) is 37.8 Å². The molecule has 21 heavy (non-hydrogen) atoms. The fourth-order valence-corrected chi connectivity index (χ4v) is 2.30. The lowest BCUT2D eigenvalue weighted by molar-refractivity contribution is 0.203. The van der Waals surface area contributed by atoms with Gasteiger partial charge in [-0.15, -0.1) is 0 Å². The first kappa shape index (κ1) is 17.9. The summed E-state index contributed by atoms with van der Waals surface area (Å²) in [6, 6.07) is 4.76. The van der Waals surface area contributed by atoms with Crippen LogP contribution in [0.15, 0.2) is 12.1 Å². The van der Waals surface area contributed by atoms with Gasteiger partial charge in [0.1, 0.15) is 5.82 Å². The molecule has 0 saturated carbocycles. The van der Waals surface area contributed by atoms with Gasteiger partial charge >= 0.3 is 0 Å². The molecule has 0 spiro atoms. The Hall–Kier alpha value is -1.13. The van der Waals surface area contributed by atoms with Crippen LogP contribution in [0.5, 0.6) is 0 Å². The summed E-state index contributed by atoms with van der Waals surface area (Å²) < 4.78 is 5.21. The minimum atomic E-state index is 0.408. The first-order chi connectivity index (χ1) is 9.93. The second kappa shape index (κ2) is 9.00. The molecule has 0 amide bonds. The summed E-state index contributed by atoms with van der Waals surface area (Å²) in [6.07, 6.45) is 0. The molecule has 0 aromatic carbocycles. The van der Waals surface area contributed by atoms with E-state index in [1.54, 1.807) is 7.11 Å². The summed E-state index contributed by atoms with van der Waals surface area (Å²) in [5.74, 6) is 1.71. The maximum Gasteiger partial charge on any atom is 0.129 e. The van der Waals surface area contributed by atoms with E-state index >= 15 is 0 Å². The van der Waals surface area contributed by atoms with Gasteiger partial charge in [-0.1, -0.05) is 13.8 Å². The molecule has 1 rings (SSSR count). The van der Waals surface area contributed by atoms with Crippen LogP contribution >= 0.6 is 0 Å². The Bertz CT molecular complexity index is 418. The van der Waals surface area contributed by atoms with E-state index in [9.17, 15) is 0 Å². The van der Waals surface area contributed by atoms with Crippen LogP contribution in [0.3, 0.4) is 0 Å². The van der Waals surface area contributed by atoms with Crippen LogP contribution in [0.1, 0.15) is 39.0 Å². The molecule has 0 bridgehead atoms. The summed E-state index contributed by atoms with van der Waals surface area (Å²) in [7, 11) is 1.74. The number of hydrogen-bond donors (Lipinski definition) is 1. The van der Waals surface area contributed by atoms with E-state index in [0.29, 0.717) is 18.6 Å². The second-order valence-corrected chi connectivity index (χ2v) is 6.28. The van der Waals surface area contributed by atoms with Crippen molar-refractivity contribution in [3.8, 4) is 0 Å². The zero-order chi connectivity index (χ0) is 15.8. The van der Waals surface area contributed by atoms with Crippen LogP contribution < -0.4 is 10.2 Å². The smallest absolute Gasteiger partial charge is 0.129 e. The first-order valence-electron chi connectivity index (χ1n) is 7.88.